The van der Waals surface area contributed by atoms with Gasteiger partial charge < -0.3 is 4.98 Å². The molecule has 0 spiro atoms. The fourth-order valence-electron chi connectivity index (χ4n) is 3.25. The van der Waals surface area contributed by atoms with Crippen molar-refractivity contribution in [3.05, 3.63) is 31.0 Å². The number of nitrogens with zero attached hydrogens (tertiary/aromatic N) is 5. The Labute approximate surface area is 127 Å². The average molecular weight is 293 g/mol. The molecule has 3 aromatic rings. The van der Waals surface area contributed by atoms with Crippen LogP contribution in [0.2, 0.25) is 0 Å². The second kappa shape index (κ2) is 5.24. The molecule has 1 aliphatic carbocycles. The molecule has 22 heavy (non-hydrogen) atoms. The van der Waals surface area contributed by atoms with E-state index in [2.05, 4.69) is 31.4 Å². The summed E-state index contributed by atoms with van der Waals surface area (Å²) < 4.78 is 6.07. The number of aromatic amines is 1. The number of aromatic nitrogens is 5. The Morgan fingerprint density at radius 1 is 1.32 bits per heavy atom. The first-order chi connectivity index (χ1) is 10.9. The molecule has 0 bridgehead atoms. The lowest BCUT2D eigenvalue weighted by Gasteiger charge is -2.00. The van der Waals surface area contributed by atoms with Gasteiger partial charge in [-0.05, 0) is 18.9 Å². The molecule has 1 aliphatic rings. The fourth-order valence-corrected chi connectivity index (χ4v) is 3.25. The van der Waals surface area contributed by atoms with Crippen LogP contribution in [0.5, 0.6) is 0 Å². The normalized spacial score (nSPS) is 15.3. The lowest BCUT2D eigenvalue weighted by atomic mass is 10.1. The minimum atomic E-state index is 0.461. The van der Waals surface area contributed by atoms with Crippen LogP contribution in [0.1, 0.15) is 25.7 Å². The van der Waals surface area contributed by atoms with Crippen molar-refractivity contribution in [3.63, 3.8) is 0 Å². The van der Waals surface area contributed by atoms with E-state index in [1.54, 1.807) is 6.33 Å². The van der Waals surface area contributed by atoms with Crippen molar-refractivity contribution < 1.29 is 0 Å². The third kappa shape index (κ3) is 2.05. The summed E-state index contributed by atoms with van der Waals surface area (Å²) in [5, 5.41) is 5.47. The molecular weight excluding hydrogens is 276 g/mol. The molecule has 1 saturated carbocycles. The van der Waals surface area contributed by atoms with Crippen LogP contribution in [-0.4, -0.2) is 37.3 Å². The van der Waals surface area contributed by atoms with Gasteiger partial charge in [0.1, 0.15) is 18.2 Å². The zero-order valence-electron chi connectivity index (χ0n) is 12.2. The highest BCUT2D eigenvalue weighted by molar-refractivity contribution is 5.91. The van der Waals surface area contributed by atoms with Crippen molar-refractivity contribution >= 4 is 23.6 Å². The summed E-state index contributed by atoms with van der Waals surface area (Å²) >= 11 is 0. The molecular formula is C16H17N6+. The molecule has 0 radical (unpaired) electrons. The summed E-state index contributed by atoms with van der Waals surface area (Å²) in [5.41, 5.74) is 2.68. The predicted octanol–water partition coefficient (Wildman–Crippen LogP) is 2.03. The molecule has 1 N–H and O–H groups in total. The van der Waals surface area contributed by atoms with Crippen LogP contribution in [0, 0.1) is 5.92 Å². The third-order valence-corrected chi connectivity index (χ3v) is 4.33. The minimum absolute atomic E-state index is 0.461. The Hall–Kier alpha value is -2.72. The van der Waals surface area contributed by atoms with Gasteiger partial charge in [-0.2, -0.15) is 0 Å². The zero-order chi connectivity index (χ0) is 14.9. The first-order valence-electron chi connectivity index (χ1n) is 7.54. The van der Waals surface area contributed by atoms with Crippen LogP contribution in [0.3, 0.4) is 0 Å². The Kier molecular flexibility index (Phi) is 3.09. The van der Waals surface area contributed by atoms with E-state index in [-0.39, 0.29) is 0 Å². The summed E-state index contributed by atoms with van der Waals surface area (Å²) in [6.07, 6.45) is 12.1. The summed E-state index contributed by atoms with van der Waals surface area (Å²) in [6, 6.07) is 1.98. The van der Waals surface area contributed by atoms with Crippen LogP contribution >= 0.6 is 0 Å². The summed E-state index contributed by atoms with van der Waals surface area (Å²) in [5.74, 6) is 1.41. The Bertz CT molecular complexity index is 862. The number of H-pyrrole nitrogens is 1. The topological polar surface area (TPSA) is 73.5 Å². The molecule has 1 fully saturated rings. The maximum atomic E-state index is 4.47. The monoisotopic (exact) mass is 293 g/mol. The molecule has 0 saturated heterocycles. The summed E-state index contributed by atoms with van der Waals surface area (Å²) in [6.45, 7) is 3.73. The molecule has 3 heterocycles. The van der Waals surface area contributed by atoms with Crippen molar-refractivity contribution in [2.45, 2.75) is 25.7 Å². The van der Waals surface area contributed by atoms with Crippen LogP contribution in [0.4, 0.5) is 0 Å². The van der Waals surface area contributed by atoms with Crippen molar-refractivity contribution in [3.8, 4) is 11.3 Å². The molecule has 6 nitrogen and oxygen atoms in total. The van der Waals surface area contributed by atoms with Gasteiger partial charge in [-0.1, -0.05) is 22.6 Å². The highest BCUT2D eigenvalue weighted by atomic mass is 15.3. The maximum absolute atomic E-state index is 4.47. The van der Waals surface area contributed by atoms with E-state index in [0.29, 0.717) is 5.92 Å². The van der Waals surface area contributed by atoms with E-state index in [1.165, 1.54) is 25.7 Å². The van der Waals surface area contributed by atoms with Gasteiger partial charge in [0.25, 0.3) is 0 Å². The number of hydrogen-bond donors (Lipinski definition) is 1. The molecule has 110 valence electrons. The Morgan fingerprint density at radius 3 is 3.00 bits per heavy atom. The second-order valence-electron chi connectivity index (χ2n) is 5.63. The van der Waals surface area contributed by atoms with Gasteiger partial charge in [-0.3, -0.25) is 0 Å². The smallest absolute Gasteiger partial charge is 0.346 e. The summed E-state index contributed by atoms with van der Waals surface area (Å²) in [4.78, 5) is 11.7. The zero-order valence-corrected chi connectivity index (χ0v) is 12.2. The van der Waals surface area contributed by atoms with Crippen molar-refractivity contribution in [1.29, 1.82) is 0 Å². The second-order valence-corrected chi connectivity index (χ2v) is 5.63. The first-order valence-corrected chi connectivity index (χ1v) is 7.54. The highest BCUT2D eigenvalue weighted by Crippen LogP contribution is 2.27. The highest BCUT2D eigenvalue weighted by Gasteiger charge is 2.30. The molecule has 0 unspecified atom stereocenters. The molecule has 0 aromatic carbocycles. The quantitative estimate of drug-likeness (QED) is 0.446. The molecule has 0 atom stereocenters. The Morgan fingerprint density at radius 2 is 2.18 bits per heavy atom. The third-order valence-electron chi connectivity index (χ3n) is 4.33. The van der Waals surface area contributed by atoms with Crippen LogP contribution < -0.4 is 4.67 Å². The lowest BCUT2D eigenvalue weighted by Crippen LogP contribution is -2.23. The van der Waals surface area contributed by atoms with Gasteiger partial charge in [0.15, 0.2) is 6.72 Å². The molecule has 6 heteroatoms. The summed E-state index contributed by atoms with van der Waals surface area (Å²) in [7, 11) is 0. The van der Waals surface area contributed by atoms with Crippen molar-refractivity contribution in [2.75, 3.05) is 0 Å². The van der Waals surface area contributed by atoms with E-state index in [0.717, 1.165) is 28.1 Å². The van der Waals surface area contributed by atoms with Crippen molar-refractivity contribution in [1.82, 2.24) is 29.4 Å². The van der Waals surface area contributed by atoms with Crippen LogP contribution in [0.25, 0.3) is 22.3 Å². The van der Waals surface area contributed by atoms with Gasteiger partial charge in [0.2, 0.25) is 0 Å². The Balaban J connectivity index is 1.75. The predicted molar refractivity (Wildman–Crippen MR) is 86.7 cm³/mol. The van der Waals surface area contributed by atoms with E-state index in [9.17, 15) is 0 Å². The van der Waals surface area contributed by atoms with Gasteiger partial charge in [-0.15, -0.1) is 0 Å². The average Bonchev–Trinajstić information content (AvgIpc) is 3.29. The molecule has 0 amide bonds. The standard InChI is InChI=1S/C16H17N6/c1-17-16(11-4-2-3-5-11)22-9-12(8-21-22)14-13-6-7-18-15(13)20-10-19-14/h6-11H,1-5H2,(H,18,19,20)/q+1. The number of fused-ring (bicyclic) bond motifs is 1. The first kappa shape index (κ1) is 13.0. The van der Waals surface area contributed by atoms with E-state index in [1.807, 2.05) is 29.3 Å². The van der Waals surface area contributed by atoms with Crippen LogP contribution in [-0.2, 0) is 0 Å². The van der Waals surface area contributed by atoms with Gasteiger partial charge in [0, 0.05) is 11.6 Å². The van der Waals surface area contributed by atoms with E-state index in [4.69, 9.17) is 0 Å². The maximum Gasteiger partial charge on any atom is 0.376 e. The van der Waals surface area contributed by atoms with E-state index < -0.39 is 0 Å². The molecule has 3 aromatic heterocycles. The fraction of sp³-hybridized carbons (Fsp3) is 0.312. The number of hydrogen-bond acceptors (Lipinski definition) is 3. The lowest BCUT2D eigenvalue weighted by molar-refractivity contribution is 0.684. The SMILES string of the molecule is C=[N+]=C(C1CCCC1)n1cc(-c2ncnc3[nH]ccc23)cn1. The molecule has 4 rings (SSSR count). The van der Waals surface area contributed by atoms with Gasteiger partial charge in [0.05, 0.1) is 23.4 Å². The molecule has 0 aliphatic heterocycles. The number of nitrogens with one attached hydrogen (secondary N) is 1. The minimum Gasteiger partial charge on any atom is -0.346 e. The largest absolute Gasteiger partial charge is 0.376 e. The van der Waals surface area contributed by atoms with Gasteiger partial charge in [-0.25, -0.2) is 14.6 Å². The van der Waals surface area contributed by atoms with E-state index >= 15 is 0 Å². The van der Waals surface area contributed by atoms with Gasteiger partial charge >= 0.3 is 5.84 Å². The van der Waals surface area contributed by atoms with Crippen molar-refractivity contribution in [2.24, 2.45) is 5.92 Å². The number of rotatable bonds is 2. The van der Waals surface area contributed by atoms with Crippen LogP contribution in [0.15, 0.2) is 31.0 Å².